The first kappa shape index (κ1) is 16.6. The van der Waals surface area contributed by atoms with Gasteiger partial charge < -0.3 is 0 Å². The van der Waals surface area contributed by atoms with Gasteiger partial charge in [0.1, 0.15) is 0 Å². The van der Waals surface area contributed by atoms with Crippen LogP contribution in [-0.2, 0) is 0 Å². The summed E-state index contributed by atoms with van der Waals surface area (Å²) in [4.78, 5) is 9.01. The maximum atomic E-state index is 4.51. The zero-order chi connectivity index (χ0) is 16.2. The summed E-state index contributed by atoms with van der Waals surface area (Å²) in [5.74, 6) is 0. The van der Waals surface area contributed by atoms with E-state index in [-0.39, 0.29) is 7.43 Å². The van der Waals surface area contributed by atoms with Crippen molar-refractivity contribution < 1.29 is 0 Å². The summed E-state index contributed by atoms with van der Waals surface area (Å²) in [6.07, 6.45) is 3.68. The Morgan fingerprint density at radius 2 is 0.840 bits per heavy atom. The highest BCUT2D eigenvalue weighted by Gasteiger charge is 2.06. The van der Waals surface area contributed by atoms with Crippen molar-refractivity contribution in [1.82, 2.24) is 9.97 Å². The molecule has 122 valence electrons. The molecule has 0 N–H and O–H groups in total. The molecule has 4 aromatic rings. The summed E-state index contributed by atoms with van der Waals surface area (Å²) in [6.45, 7) is 0. The molecule has 0 bridgehead atoms. The minimum atomic E-state index is 0. The molecule has 2 heteroatoms. The van der Waals surface area contributed by atoms with Gasteiger partial charge in [0.05, 0.1) is 11.4 Å². The molecule has 0 aliphatic carbocycles. The van der Waals surface area contributed by atoms with Gasteiger partial charge in [0.25, 0.3) is 0 Å². The molecule has 2 heterocycles. The van der Waals surface area contributed by atoms with Crippen LogP contribution in [0.1, 0.15) is 7.43 Å². The van der Waals surface area contributed by atoms with Crippen molar-refractivity contribution in [3.05, 3.63) is 97.3 Å². The number of nitrogens with zero attached hydrogens (tertiary/aromatic N) is 2. The van der Waals surface area contributed by atoms with Crippen LogP contribution in [0.2, 0.25) is 0 Å². The van der Waals surface area contributed by atoms with E-state index in [4.69, 9.17) is 0 Å². The number of hydrogen-bond donors (Lipinski definition) is 0. The summed E-state index contributed by atoms with van der Waals surface area (Å²) in [6, 6.07) is 28.9. The van der Waals surface area contributed by atoms with Crippen LogP contribution in [0.3, 0.4) is 0 Å². The quantitative estimate of drug-likeness (QED) is 0.454. The highest BCUT2D eigenvalue weighted by atomic mass is 14.8. The molecule has 0 saturated heterocycles. The van der Waals surface area contributed by atoms with Crippen molar-refractivity contribution in [2.75, 3.05) is 0 Å². The van der Waals surface area contributed by atoms with Crippen molar-refractivity contribution in [3.63, 3.8) is 0 Å². The molecule has 0 spiro atoms. The van der Waals surface area contributed by atoms with Crippen LogP contribution in [0.4, 0.5) is 0 Å². The molecule has 0 aliphatic heterocycles. The van der Waals surface area contributed by atoms with Crippen LogP contribution in [0.25, 0.3) is 33.6 Å². The third-order valence-corrected chi connectivity index (χ3v) is 4.00. The van der Waals surface area contributed by atoms with Crippen LogP contribution < -0.4 is 0 Å². The van der Waals surface area contributed by atoms with Crippen molar-refractivity contribution >= 4 is 0 Å². The second-order valence-electron chi connectivity index (χ2n) is 5.59. The van der Waals surface area contributed by atoms with E-state index in [0.29, 0.717) is 0 Å². The van der Waals surface area contributed by atoms with E-state index in [9.17, 15) is 0 Å². The lowest BCUT2D eigenvalue weighted by Crippen LogP contribution is -1.89. The SMILES string of the molecule is C.c1ccc(-c2ccnc(-c3cc(-c4ccccc4)ccn3)c2)cc1. The number of hydrogen-bond acceptors (Lipinski definition) is 2. The molecule has 4 rings (SSSR count). The standard InChI is InChI=1S/C22H16N2.CH4/c1-3-7-17(8-4-1)19-11-13-23-21(15-19)22-16-20(12-14-24-22)18-9-5-2-6-10-18;/h1-16H;1H4. The van der Waals surface area contributed by atoms with Crippen molar-refractivity contribution in [2.24, 2.45) is 0 Å². The zero-order valence-electron chi connectivity index (χ0n) is 13.1. The van der Waals surface area contributed by atoms with Gasteiger partial charge in [-0.1, -0.05) is 68.1 Å². The van der Waals surface area contributed by atoms with Gasteiger partial charge in [-0.15, -0.1) is 0 Å². The van der Waals surface area contributed by atoms with Gasteiger partial charge in [-0.25, -0.2) is 0 Å². The average molecular weight is 324 g/mol. The second-order valence-corrected chi connectivity index (χ2v) is 5.59. The van der Waals surface area contributed by atoms with E-state index in [1.165, 1.54) is 11.1 Å². The van der Waals surface area contributed by atoms with Crippen molar-refractivity contribution in [2.45, 2.75) is 7.43 Å². The fourth-order valence-electron chi connectivity index (χ4n) is 2.76. The Balaban J connectivity index is 0.00000182. The average Bonchev–Trinajstić information content (AvgIpc) is 2.70. The molecule has 2 nitrogen and oxygen atoms in total. The van der Waals surface area contributed by atoms with Crippen molar-refractivity contribution in [3.8, 4) is 33.6 Å². The first-order valence-corrected chi connectivity index (χ1v) is 7.93. The van der Waals surface area contributed by atoms with E-state index in [1.54, 1.807) is 0 Å². The maximum Gasteiger partial charge on any atom is 0.0892 e. The van der Waals surface area contributed by atoms with Gasteiger partial charge in [-0.2, -0.15) is 0 Å². The Bertz CT molecular complexity index is 867. The molecular formula is C23H20N2. The Hall–Kier alpha value is -3.26. The summed E-state index contributed by atoms with van der Waals surface area (Å²) < 4.78 is 0. The van der Waals surface area contributed by atoms with Gasteiger partial charge in [-0.3, -0.25) is 9.97 Å². The summed E-state index contributed by atoms with van der Waals surface area (Å²) in [5.41, 5.74) is 6.42. The lowest BCUT2D eigenvalue weighted by atomic mass is 10.0. The summed E-state index contributed by atoms with van der Waals surface area (Å²) in [7, 11) is 0. The Labute approximate surface area is 148 Å². The molecule has 0 aliphatic rings. The molecule has 0 saturated carbocycles. The largest absolute Gasteiger partial charge is 0.255 e. The highest BCUT2D eigenvalue weighted by Crippen LogP contribution is 2.26. The summed E-state index contributed by atoms with van der Waals surface area (Å²) >= 11 is 0. The topological polar surface area (TPSA) is 25.8 Å². The molecule has 2 aromatic carbocycles. The predicted octanol–water partition coefficient (Wildman–Crippen LogP) is 6.11. The molecular weight excluding hydrogens is 304 g/mol. The maximum absolute atomic E-state index is 4.51. The number of rotatable bonds is 3. The Morgan fingerprint density at radius 1 is 0.440 bits per heavy atom. The van der Waals surface area contributed by atoms with Crippen molar-refractivity contribution in [1.29, 1.82) is 0 Å². The number of benzene rings is 2. The van der Waals surface area contributed by atoms with E-state index in [0.717, 1.165) is 22.5 Å². The van der Waals surface area contributed by atoms with Crippen LogP contribution in [0.15, 0.2) is 97.3 Å². The third kappa shape index (κ3) is 3.64. The predicted molar refractivity (Wildman–Crippen MR) is 105 cm³/mol. The Morgan fingerprint density at radius 3 is 1.24 bits per heavy atom. The van der Waals surface area contributed by atoms with Gasteiger partial charge >= 0.3 is 0 Å². The minimum Gasteiger partial charge on any atom is -0.255 e. The molecule has 0 radical (unpaired) electrons. The van der Waals surface area contributed by atoms with E-state index in [1.807, 2.05) is 60.9 Å². The number of aromatic nitrogens is 2. The first-order chi connectivity index (χ1) is 11.9. The van der Waals surface area contributed by atoms with Gasteiger partial charge in [0.15, 0.2) is 0 Å². The lowest BCUT2D eigenvalue weighted by Gasteiger charge is -2.07. The fourth-order valence-corrected chi connectivity index (χ4v) is 2.76. The fraction of sp³-hybridized carbons (Fsp3) is 0.0435. The van der Waals surface area contributed by atoms with E-state index >= 15 is 0 Å². The highest BCUT2D eigenvalue weighted by molar-refractivity contribution is 5.72. The zero-order valence-corrected chi connectivity index (χ0v) is 13.1. The first-order valence-electron chi connectivity index (χ1n) is 7.93. The Kier molecular flexibility index (Phi) is 5.00. The minimum absolute atomic E-state index is 0. The molecule has 2 aromatic heterocycles. The van der Waals surface area contributed by atoms with Crippen LogP contribution in [0.5, 0.6) is 0 Å². The third-order valence-electron chi connectivity index (χ3n) is 4.00. The van der Waals surface area contributed by atoms with Crippen LogP contribution in [0, 0.1) is 0 Å². The van der Waals surface area contributed by atoms with Gasteiger partial charge in [-0.05, 0) is 46.5 Å². The molecule has 0 amide bonds. The van der Waals surface area contributed by atoms with Gasteiger partial charge in [0, 0.05) is 12.4 Å². The second kappa shape index (κ2) is 7.54. The van der Waals surface area contributed by atoms with Crippen LogP contribution in [-0.4, -0.2) is 9.97 Å². The van der Waals surface area contributed by atoms with E-state index < -0.39 is 0 Å². The summed E-state index contributed by atoms with van der Waals surface area (Å²) in [5, 5.41) is 0. The van der Waals surface area contributed by atoms with Gasteiger partial charge in [0.2, 0.25) is 0 Å². The lowest BCUT2D eigenvalue weighted by molar-refractivity contribution is 1.25. The van der Waals surface area contributed by atoms with Crippen LogP contribution >= 0.6 is 0 Å². The molecule has 0 atom stereocenters. The molecule has 0 unspecified atom stereocenters. The monoisotopic (exact) mass is 324 g/mol. The normalized spacial score (nSPS) is 10.1. The smallest absolute Gasteiger partial charge is 0.0892 e. The molecule has 25 heavy (non-hydrogen) atoms. The number of pyridine rings is 2. The molecule has 0 fully saturated rings. The van der Waals surface area contributed by atoms with E-state index in [2.05, 4.69) is 46.4 Å².